The van der Waals surface area contributed by atoms with Crippen molar-refractivity contribution >= 4 is 17.3 Å². The van der Waals surface area contributed by atoms with E-state index in [1.54, 1.807) is 0 Å². The lowest BCUT2D eigenvalue weighted by Crippen LogP contribution is -2.05. The summed E-state index contributed by atoms with van der Waals surface area (Å²) in [6, 6.07) is 6.07. The van der Waals surface area contributed by atoms with E-state index in [1.807, 2.05) is 0 Å². The first-order valence-corrected chi connectivity index (χ1v) is 5.50. The second kappa shape index (κ2) is 4.97. The Labute approximate surface area is 111 Å². The molecule has 0 bridgehead atoms. The van der Waals surface area contributed by atoms with E-state index in [1.165, 1.54) is 18.2 Å². The van der Waals surface area contributed by atoms with Crippen molar-refractivity contribution in [3.8, 4) is 11.6 Å². The summed E-state index contributed by atoms with van der Waals surface area (Å²) in [6.07, 6.45) is -3.43. The number of rotatable bonds is 2. The maximum Gasteiger partial charge on any atom is 0.416 e. The zero-order chi connectivity index (χ0) is 14.0. The highest BCUT2D eigenvalue weighted by Gasteiger charge is 2.31. The minimum atomic E-state index is -4.45. The number of pyridine rings is 1. The summed E-state index contributed by atoms with van der Waals surface area (Å²) in [5.74, 6) is 0.0000666. The Balaban J connectivity index is 2.29. The molecule has 0 atom stereocenters. The average Bonchev–Trinajstić information content (AvgIpc) is 2.32. The molecule has 0 aliphatic carbocycles. The van der Waals surface area contributed by atoms with Crippen LogP contribution in [0.15, 0.2) is 36.5 Å². The van der Waals surface area contributed by atoms with Crippen LogP contribution in [-0.2, 0) is 6.18 Å². The Morgan fingerprint density at radius 3 is 2.53 bits per heavy atom. The van der Waals surface area contributed by atoms with Gasteiger partial charge in [-0.25, -0.2) is 4.98 Å². The average molecular weight is 289 g/mol. The van der Waals surface area contributed by atoms with Gasteiger partial charge in [0.15, 0.2) is 5.75 Å². The number of alkyl halides is 3. The molecule has 0 spiro atoms. The van der Waals surface area contributed by atoms with E-state index in [0.29, 0.717) is 5.02 Å². The third-order valence-electron chi connectivity index (χ3n) is 2.25. The van der Waals surface area contributed by atoms with E-state index >= 15 is 0 Å². The lowest BCUT2D eigenvalue weighted by Gasteiger charge is -2.10. The van der Waals surface area contributed by atoms with Gasteiger partial charge < -0.3 is 10.5 Å². The van der Waals surface area contributed by atoms with Crippen LogP contribution in [0.3, 0.4) is 0 Å². The van der Waals surface area contributed by atoms with Crippen molar-refractivity contribution in [3.05, 3.63) is 47.1 Å². The number of anilines is 1. The molecule has 3 nitrogen and oxygen atoms in total. The fourth-order valence-electron chi connectivity index (χ4n) is 1.37. The van der Waals surface area contributed by atoms with Crippen LogP contribution >= 0.6 is 11.6 Å². The fraction of sp³-hybridized carbons (Fsp3) is 0.0833. The van der Waals surface area contributed by atoms with Gasteiger partial charge in [0.05, 0.1) is 11.3 Å². The predicted octanol–water partition coefficient (Wildman–Crippen LogP) is 4.13. The molecule has 100 valence electrons. The molecule has 2 N–H and O–H groups in total. The van der Waals surface area contributed by atoms with Gasteiger partial charge in [-0.2, -0.15) is 13.2 Å². The maximum atomic E-state index is 12.5. The number of hydrogen-bond acceptors (Lipinski definition) is 3. The normalized spacial score (nSPS) is 11.4. The molecule has 0 aliphatic heterocycles. The molecule has 19 heavy (non-hydrogen) atoms. The quantitative estimate of drug-likeness (QED) is 0.845. The molecule has 2 rings (SSSR count). The number of aromatic nitrogens is 1. The highest BCUT2D eigenvalue weighted by molar-refractivity contribution is 6.30. The molecule has 0 aliphatic rings. The Hall–Kier alpha value is -1.95. The number of nitrogens with zero attached hydrogens (tertiary/aromatic N) is 1. The van der Waals surface area contributed by atoms with Gasteiger partial charge in [-0.1, -0.05) is 11.6 Å². The third-order valence-corrected chi connectivity index (χ3v) is 2.48. The van der Waals surface area contributed by atoms with Crippen LogP contribution in [0.4, 0.5) is 18.9 Å². The lowest BCUT2D eigenvalue weighted by atomic mass is 10.2. The Morgan fingerprint density at radius 1 is 1.16 bits per heavy atom. The van der Waals surface area contributed by atoms with E-state index < -0.39 is 11.7 Å². The molecule has 0 saturated carbocycles. The van der Waals surface area contributed by atoms with Gasteiger partial charge in [0, 0.05) is 17.3 Å². The van der Waals surface area contributed by atoms with Crippen LogP contribution in [0, 0.1) is 0 Å². The molecule has 7 heteroatoms. The summed E-state index contributed by atoms with van der Waals surface area (Å²) >= 11 is 5.71. The Kier molecular flexibility index (Phi) is 3.53. The molecule has 1 aromatic heterocycles. The zero-order valence-corrected chi connectivity index (χ0v) is 10.2. The molecule has 0 radical (unpaired) electrons. The molecule has 1 heterocycles. The SMILES string of the molecule is Nc1cc(Cl)ccc1Oc1cc(C(F)(F)F)ccn1. The van der Waals surface area contributed by atoms with E-state index in [-0.39, 0.29) is 17.3 Å². The summed E-state index contributed by atoms with van der Waals surface area (Å²) in [7, 11) is 0. The predicted molar refractivity (Wildman–Crippen MR) is 65.2 cm³/mol. The highest BCUT2D eigenvalue weighted by atomic mass is 35.5. The first-order valence-electron chi connectivity index (χ1n) is 5.12. The van der Waals surface area contributed by atoms with Gasteiger partial charge >= 0.3 is 6.18 Å². The maximum absolute atomic E-state index is 12.5. The lowest BCUT2D eigenvalue weighted by molar-refractivity contribution is -0.137. The largest absolute Gasteiger partial charge is 0.437 e. The first-order chi connectivity index (χ1) is 8.86. The summed E-state index contributed by atoms with van der Waals surface area (Å²) < 4.78 is 42.7. The van der Waals surface area contributed by atoms with Crippen LogP contribution in [-0.4, -0.2) is 4.98 Å². The van der Waals surface area contributed by atoms with E-state index in [9.17, 15) is 13.2 Å². The van der Waals surface area contributed by atoms with Gasteiger partial charge in [-0.05, 0) is 24.3 Å². The number of nitrogens with two attached hydrogens (primary N) is 1. The molecule has 2 aromatic rings. The van der Waals surface area contributed by atoms with Crippen molar-refractivity contribution in [2.24, 2.45) is 0 Å². The molecule has 0 unspecified atom stereocenters. The fourth-order valence-corrected chi connectivity index (χ4v) is 1.55. The zero-order valence-electron chi connectivity index (χ0n) is 9.41. The number of halogens is 4. The minimum absolute atomic E-state index is 0.191. The van der Waals surface area contributed by atoms with Crippen LogP contribution in [0.1, 0.15) is 5.56 Å². The Morgan fingerprint density at radius 2 is 1.89 bits per heavy atom. The number of ether oxygens (including phenoxy) is 1. The molecular formula is C12H8ClF3N2O. The standard InChI is InChI=1S/C12H8ClF3N2O/c13-8-1-2-10(9(17)6-8)19-11-5-7(3-4-18-11)12(14,15)16/h1-6H,17H2. The molecule has 0 amide bonds. The van der Waals surface area contributed by atoms with Crippen LogP contribution in [0.2, 0.25) is 5.02 Å². The van der Waals surface area contributed by atoms with Crippen LogP contribution in [0.5, 0.6) is 11.6 Å². The smallest absolute Gasteiger partial charge is 0.416 e. The second-order valence-electron chi connectivity index (χ2n) is 3.66. The van der Waals surface area contributed by atoms with Crippen molar-refractivity contribution in [2.45, 2.75) is 6.18 Å². The van der Waals surface area contributed by atoms with Gasteiger partial charge in [-0.3, -0.25) is 0 Å². The van der Waals surface area contributed by atoms with Gasteiger partial charge in [0.2, 0.25) is 5.88 Å². The van der Waals surface area contributed by atoms with Crippen LogP contribution in [0.25, 0.3) is 0 Å². The third kappa shape index (κ3) is 3.29. The van der Waals surface area contributed by atoms with Gasteiger partial charge in [0.25, 0.3) is 0 Å². The van der Waals surface area contributed by atoms with Gasteiger partial charge in [0.1, 0.15) is 0 Å². The second-order valence-corrected chi connectivity index (χ2v) is 4.10. The minimum Gasteiger partial charge on any atom is -0.437 e. The molecule has 0 fully saturated rings. The summed E-state index contributed by atoms with van der Waals surface area (Å²) in [5.41, 5.74) is 5.01. The number of hydrogen-bond donors (Lipinski definition) is 1. The van der Waals surface area contributed by atoms with Crippen molar-refractivity contribution in [3.63, 3.8) is 0 Å². The van der Waals surface area contributed by atoms with Crippen LogP contribution < -0.4 is 10.5 Å². The number of nitrogen functional groups attached to an aromatic ring is 1. The number of benzene rings is 1. The van der Waals surface area contributed by atoms with Crippen molar-refractivity contribution < 1.29 is 17.9 Å². The molecule has 0 saturated heterocycles. The summed E-state index contributed by atoms with van der Waals surface area (Å²) in [5, 5.41) is 0.404. The Bertz CT molecular complexity index is 602. The highest BCUT2D eigenvalue weighted by Crippen LogP contribution is 2.33. The van der Waals surface area contributed by atoms with Crippen molar-refractivity contribution in [1.29, 1.82) is 0 Å². The molecule has 1 aromatic carbocycles. The monoisotopic (exact) mass is 288 g/mol. The molecular weight excluding hydrogens is 281 g/mol. The van der Waals surface area contributed by atoms with E-state index in [4.69, 9.17) is 22.1 Å². The van der Waals surface area contributed by atoms with E-state index in [0.717, 1.165) is 18.3 Å². The van der Waals surface area contributed by atoms with Crippen molar-refractivity contribution in [2.75, 3.05) is 5.73 Å². The topological polar surface area (TPSA) is 48.1 Å². The first kappa shape index (κ1) is 13.5. The van der Waals surface area contributed by atoms with E-state index in [2.05, 4.69) is 4.98 Å². The van der Waals surface area contributed by atoms with Crippen molar-refractivity contribution in [1.82, 2.24) is 4.98 Å². The summed E-state index contributed by atoms with van der Waals surface area (Å²) in [4.78, 5) is 3.70. The summed E-state index contributed by atoms with van der Waals surface area (Å²) in [6.45, 7) is 0. The van der Waals surface area contributed by atoms with Gasteiger partial charge in [-0.15, -0.1) is 0 Å².